The first-order valence-electron chi connectivity index (χ1n) is 9.55. The molecule has 3 aromatic heterocycles. The Bertz CT molecular complexity index is 1290. The Morgan fingerprint density at radius 3 is 2.77 bits per heavy atom. The molecular formula is C21H17F2N5OS2. The number of carbonyl (C=O) groups excluding carboxylic acids is 1. The van der Waals surface area contributed by atoms with Gasteiger partial charge in [-0.05, 0) is 36.1 Å². The minimum Gasteiger partial charge on any atom is -0.330 e. The molecule has 10 heteroatoms. The Kier molecular flexibility index (Phi) is 4.90. The molecule has 0 N–H and O–H groups in total. The molecule has 1 amide bonds. The van der Waals surface area contributed by atoms with Crippen molar-refractivity contribution in [3.05, 3.63) is 74.2 Å². The first-order chi connectivity index (χ1) is 14.9. The maximum atomic E-state index is 14.1. The minimum absolute atomic E-state index is 0.0228. The number of hydrogen-bond acceptors (Lipinski definition) is 6. The van der Waals surface area contributed by atoms with Crippen molar-refractivity contribution >= 4 is 28.6 Å². The van der Waals surface area contributed by atoms with Crippen LogP contribution in [0.15, 0.2) is 35.8 Å². The smallest absolute Gasteiger partial charge is 0.285 e. The van der Waals surface area contributed by atoms with Gasteiger partial charge in [0.1, 0.15) is 11.6 Å². The fraction of sp³-hybridized carbons (Fsp3) is 0.238. The van der Waals surface area contributed by atoms with Crippen LogP contribution < -0.4 is 0 Å². The van der Waals surface area contributed by atoms with Crippen molar-refractivity contribution in [3.8, 4) is 10.6 Å². The largest absolute Gasteiger partial charge is 0.330 e. The highest BCUT2D eigenvalue weighted by Crippen LogP contribution is 2.38. The summed E-state index contributed by atoms with van der Waals surface area (Å²) in [6.07, 6.45) is 1.86. The topological polar surface area (TPSA) is 63.9 Å². The quantitative estimate of drug-likeness (QED) is 0.458. The first kappa shape index (κ1) is 20.0. The molecule has 0 spiro atoms. The summed E-state index contributed by atoms with van der Waals surface area (Å²) in [4.78, 5) is 16.1. The molecule has 1 atom stereocenters. The third-order valence-electron chi connectivity index (χ3n) is 5.60. The second kappa shape index (κ2) is 7.61. The number of nitrogens with zero attached hydrogens (tertiary/aromatic N) is 5. The van der Waals surface area contributed by atoms with Crippen LogP contribution in [0.25, 0.3) is 10.6 Å². The number of rotatable bonds is 3. The second-order valence-electron chi connectivity index (χ2n) is 7.38. The predicted molar refractivity (Wildman–Crippen MR) is 114 cm³/mol. The lowest BCUT2D eigenvalue weighted by atomic mass is 9.89. The number of thiophene rings is 1. The van der Waals surface area contributed by atoms with Gasteiger partial charge >= 0.3 is 0 Å². The fourth-order valence-electron chi connectivity index (χ4n) is 3.84. The van der Waals surface area contributed by atoms with Gasteiger partial charge in [-0.2, -0.15) is 5.10 Å². The van der Waals surface area contributed by atoms with E-state index >= 15 is 0 Å². The van der Waals surface area contributed by atoms with Crippen LogP contribution in [0.4, 0.5) is 8.78 Å². The summed E-state index contributed by atoms with van der Waals surface area (Å²) < 4.78 is 29.1. The highest BCUT2D eigenvalue weighted by Gasteiger charge is 2.33. The van der Waals surface area contributed by atoms with Crippen molar-refractivity contribution < 1.29 is 13.6 Å². The van der Waals surface area contributed by atoms with Crippen molar-refractivity contribution in [2.45, 2.75) is 19.4 Å². The van der Waals surface area contributed by atoms with E-state index in [9.17, 15) is 13.6 Å². The number of amides is 1. The lowest BCUT2D eigenvalue weighted by molar-refractivity contribution is 0.0726. The number of halogens is 2. The number of benzene rings is 1. The average Bonchev–Trinajstić information content (AvgIpc) is 3.48. The van der Waals surface area contributed by atoms with Gasteiger partial charge in [-0.25, -0.2) is 8.78 Å². The van der Waals surface area contributed by atoms with E-state index in [1.165, 1.54) is 11.6 Å². The predicted octanol–water partition coefficient (Wildman–Crippen LogP) is 4.37. The Balaban J connectivity index is 1.45. The number of hydrogen-bond donors (Lipinski definition) is 0. The molecule has 1 aliphatic heterocycles. The highest BCUT2D eigenvalue weighted by atomic mass is 32.1. The molecule has 6 nitrogen and oxygen atoms in total. The van der Waals surface area contributed by atoms with Gasteiger partial charge in [-0.15, -0.1) is 21.5 Å². The zero-order chi connectivity index (χ0) is 21.7. The van der Waals surface area contributed by atoms with Gasteiger partial charge in [0.15, 0.2) is 5.01 Å². The molecule has 5 rings (SSSR count). The van der Waals surface area contributed by atoms with Crippen LogP contribution >= 0.6 is 22.7 Å². The zero-order valence-corrected chi connectivity index (χ0v) is 18.3. The minimum atomic E-state index is -0.733. The molecule has 0 saturated heterocycles. The molecule has 0 aliphatic carbocycles. The summed E-state index contributed by atoms with van der Waals surface area (Å²) in [7, 11) is 1.90. The van der Waals surface area contributed by atoms with Crippen LogP contribution in [-0.2, 0) is 13.6 Å². The van der Waals surface area contributed by atoms with E-state index in [0.29, 0.717) is 13.1 Å². The Hall–Kier alpha value is -2.98. The molecule has 4 heterocycles. The number of aryl methyl sites for hydroxylation is 1. The van der Waals surface area contributed by atoms with Crippen molar-refractivity contribution in [1.29, 1.82) is 0 Å². The van der Waals surface area contributed by atoms with E-state index in [1.807, 2.05) is 30.2 Å². The van der Waals surface area contributed by atoms with Crippen LogP contribution in [-0.4, -0.2) is 37.3 Å². The third kappa shape index (κ3) is 3.45. The van der Waals surface area contributed by atoms with Crippen LogP contribution in [0.1, 0.15) is 37.4 Å². The maximum absolute atomic E-state index is 14.1. The summed E-state index contributed by atoms with van der Waals surface area (Å²) in [5.74, 6) is -1.63. The van der Waals surface area contributed by atoms with Gasteiger partial charge < -0.3 is 4.90 Å². The lowest BCUT2D eigenvalue weighted by Crippen LogP contribution is -2.38. The Labute approximate surface area is 184 Å². The van der Waals surface area contributed by atoms with Gasteiger partial charge in [-0.3, -0.25) is 9.48 Å². The molecule has 4 aromatic rings. The zero-order valence-electron chi connectivity index (χ0n) is 16.7. The monoisotopic (exact) mass is 457 g/mol. The molecule has 1 unspecified atom stereocenters. The Morgan fingerprint density at radius 2 is 2.03 bits per heavy atom. The number of aromatic nitrogens is 4. The van der Waals surface area contributed by atoms with Crippen molar-refractivity contribution in [2.75, 3.05) is 6.54 Å². The SMILES string of the molecule is Cc1c(C2CN(C(=O)c3nnc(-c4ccc(F)cc4F)s3)Cc3sccc32)cnn1C. The van der Waals surface area contributed by atoms with E-state index in [4.69, 9.17) is 0 Å². The van der Waals surface area contributed by atoms with Gasteiger partial charge in [0.25, 0.3) is 5.91 Å². The molecule has 1 aromatic carbocycles. The fourth-order valence-corrected chi connectivity index (χ4v) is 5.64. The standard InChI is InChI=1S/C21H17F2N5OS2/c1-11-15(8-24-27(11)2)16-9-28(10-18-13(16)5-6-30-18)21(29)20-26-25-19(31-20)14-4-3-12(22)7-17(14)23/h3-8,16H,9-10H2,1-2H3. The molecule has 0 bridgehead atoms. The van der Waals surface area contributed by atoms with Crippen LogP contribution in [0, 0.1) is 18.6 Å². The normalized spacial score (nSPS) is 15.9. The van der Waals surface area contributed by atoms with E-state index < -0.39 is 11.6 Å². The second-order valence-corrected chi connectivity index (χ2v) is 9.36. The van der Waals surface area contributed by atoms with Crippen LogP contribution in [0.2, 0.25) is 0 Å². The van der Waals surface area contributed by atoms with Crippen molar-refractivity contribution in [3.63, 3.8) is 0 Å². The number of carbonyl (C=O) groups is 1. The van der Waals surface area contributed by atoms with Gasteiger partial charge in [0, 0.05) is 47.3 Å². The van der Waals surface area contributed by atoms with E-state index in [0.717, 1.165) is 39.6 Å². The summed E-state index contributed by atoms with van der Waals surface area (Å²) in [5, 5.41) is 14.8. The average molecular weight is 458 g/mol. The summed E-state index contributed by atoms with van der Waals surface area (Å²) in [6.45, 7) is 3.00. The maximum Gasteiger partial charge on any atom is 0.285 e. The van der Waals surface area contributed by atoms with Gasteiger partial charge in [0.05, 0.1) is 12.7 Å². The van der Waals surface area contributed by atoms with E-state index in [-0.39, 0.29) is 27.4 Å². The van der Waals surface area contributed by atoms with Crippen LogP contribution in [0.3, 0.4) is 0 Å². The molecule has 31 heavy (non-hydrogen) atoms. The van der Waals surface area contributed by atoms with E-state index in [2.05, 4.69) is 21.4 Å². The first-order valence-corrected chi connectivity index (χ1v) is 11.2. The molecule has 0 saturated carbocycles. The summed E-state index contributed by atoms with van der Waals surface area (Å²) >= 11 is 2.63. The van der Waals surface area contributed by atoms with Gasteiger partial charge in [-0.1, -0.05) is 11.3 Å². The summed E-state index contributed by atoms with van der Waals surface area (Å²) in [5.41, 5.74) is 3.49. The third-order valence-corrected chi connectivity index (χ3v) is 7.46. The molecule has 0 radical (unpaired) electrons. The molecule has 158 valence electrons. The number of fused-ring (bicyclic) bond motifs is 1. The van der Waals surface area contributed by atoms with Crippen LogP contribution in [0.5, 0.6) is 0 Å². The van der Waals surface area contributed by atoms with E-state index in [1.54, 1.807) is 16.2 Å². The molecule has 0 fully saturated rings. The lowest BCUT2D eigenvalue weighted by Gasteiger charge is -2.32. The Morgan fingerprint density at radius 1 is 1.19 bits per heavy atom. The van der Waals surface area contributed by atoms with Crippen molar-refractivity contribution in [1.82, 2.24) is 24.9 Å². The highest BCUT2D eigenvalue weighted by molar-refractivity contribution is 7.16. The molecule has 1 aliphatic rings. The van der Waals surface area contributed by atoms with Crippen molar-refractivity contribution in [2.24, 2.45) is 7.05 Å². The van der Waals surface area contributed by atoms with Gasteiger partial charge in [0.2, 0.25) is 5.01 Å². The summed E-state index contributed by atoms with van der Waals surface area (Å²) in [6, 6.07) is 5.37. The molecular weight excluding hydrogens is 440 g/mol.